The van der Waals surface area contributed by atoms with Gasteiger partial charge in [0.05, 0.1) is 31.4 Å². The maximum absolute atomic E-state index is 11.9. The number of nitrogens with one attached hydrogen (secondary N) is 1. The lowest BCUT2D eigenvalue weighted by Gasteiger charge is -2.22. The molecule has 0 saturated carbocycles. The smallest absolute Gasteiger partial charge is 0.158 e. The number of ketones is 1. The van der Waals surface area contributed by atoms with Crippen molar-refractivity contribution >= 4 is 17.1 Å². The molecular weight excluding hydrogens is 224 g/mol. The number of ether oxygens (including phenoxy) is 1. The molecule has 0 radical (unpaired) electrons. The number of rotatable bonds is 3. The quantitative estimate of drug-likeness (QED) is 0.851. The lowest BCUT2D eigenvalue weighted by atomic mass is 10.1. The number of aromatic nitrogens is 1. The van der Waals surface area contributed by atoms with Crippen molar-refractivity contribution in [3.8, 4) is 0 Å². The molecule has 2 heterocycles. The third-order valence-corrected chi connectivity index (χ3v) is 3.78. The van der Waals surface area contributed by atoms with Gasteiger partial charge in [-0.3, -0.25) is 4.79 Å². The zero-order chi connectivity index (χ0) is 11.5. The second-order valence-electron chi connectivity index (χ2n) is 3.97. The molecule has 1 N–H and O–H groups in total. The standard InChI is InChI=1S/C11H16N2O2S/c1-7-8(2)16-11(13-7)5-10(14)9-6-15-4-3-12-9/h9,12H,3-6H2,1-2H3. The summed E-state index contributed by atoms with van der Waals surface area (Å²) in [6, 6.07) is -0.154. The van der Waals surface area contributed by atoms with Gasteiger partial charge in [-0.1, -0.05) is 0 Å². The van der Waals surface area contributed by atoms with Crippen LogP contribution in [0.3, 0.4) is 0 Å². The Bertz CT molecular complexity index is 364. The second-order valence-corrected chi connectivity index (χ2v) is 5.26. The fraction of sp³-hybridized carbons (Fsp3) is 0.636. The number of morpholine rings is 1. The molecule has 0 amide bonds. The monoisotopic (exact) mass is 240 g/mol. The minimum absolute atomic E-state index is 0.154. The molecule has 1 fully saturated rings. The fourth-order valence-electron chi connectivity index (χ4n) is 1.66. The van der Waals surface area contributed by atoms with E-state index in [9.17, 15) is 4.79 Å². The molecule has 2 rings (SSSR count). The number of carbonyl (C=O) groups is 1. The molecule has 1 aromatic rings. The van der Waals surface area contributed by atoms with Gasteiger partial charge >= 0.3 is 0 Å². The van der Waals surface area contributed by atoms with Crippen LogP contribution in [-0.4, -0.2) is 36.6 Å². The molecule has 0 bridgehead atoms. The molecule has 16 heavy (non-hydrogen) atoms. The molecule has 0 spiro atoms. The topological polar surface area (TPSA) is 51.2 Å². The Balaban J connectivity index is 1.95. The predicted molar refractivity (Wildman–Crippen MR) is 62.9 cm³/mol. The van der Waals surface area contributed by atoms with E-state index < -0.39 is 0 Å². The Kier molecular flexibility index (Phi) is 3.68. The van der Waals surface area contributed by atoms with Crippen molar-refractivity contribution in [3.05, 3.63) is 15.6 Å². The first kappa shape index (κ1) is 11.7. The van der Waals surface area contributed by atoms with Crippen molar-refractivity contribution in [2.45, 2.75) is 26.3 Å². The number of aryl methyl sites for hydroxylation is 2. The van der Waals surface area contributed by atoms with Gasteiger partial charge in [-0.2, -0.15) is 0 Å². The number of thiazole rings is 1. The third-order valence-electron chi connectivity index (χ3n) is 2.71. The van der Waals surface area contributed by atoms with Gasteiger partial charge in [0.1, 0.15) is 5.01 Å². The van der Waals surface area contributed by atoms with Crippen LogP contribution >= 0.6 is 11.3 Å². The van der Waals surface area contributed by atoms with E-state index in [-0.39, 0.29) is 11.8 Å². The van der Waals surface area contributed by atoms with Crippen LogP contribution in [0.5, 0.6) is 0 Å². The summed E-state index contributed by atoms with van der Waals surface area (Å²) in [5.41, 5.74) is 1.03. The molecule has 0 aliphatic carbocycles. The van der Waals surface area contributed by atoms with Gasteiger partial charge in [0.25, 0.3) is 0 Å². The van der Waals surface area contributed by atoms with E-state index >= 15 is 0 Å². The highest BCUT2D eigenvalue weighted by molar-refractivity contribution is 7.11. The number of hydrogen-bond donors (Lipinski definition) is 1. The Labute approximate surface area is 99.0 Å². The minimum atomic E-state index is -0.154. The summed E-state index contributed by atoms with van der Waals surface area (Å²) >= 11 is 1.61. The molecule has 1 aliphatic rings. The maximum Gasteiger partial charge on any atom is 0.158 e. The van der Waals surface area contributed by atoms with Crippen molar-refractivity contribution in [3.63, 3.8) is 0 Å². The highest BCUT2D eigenvalue weighted by Crippen LogP contribution is 2.17. The highest BCUT2D eigenvalue weighted by atomic mass is 32.1. The lowest BCUT2D eigenvalue weighted by Crippen LogP contribution is -2.47. The van der Waals surface area contributed by atoms with Gasteiger partial charge in [-0.25, -0.2) is 4.98 Å². The minimum Gasteiger partial charge on any atom is -0.378 e. The van der Waals surface area contributed by atoms with Crippen LogP contribution in [0.25, 0.3) is 0 Å². The summed E-state index contributed by atoms with van der Waals surface area (Å²) in [5.74, 6) is 0.174. The van der Waals surface area contributed by atoms with E-state index in [1.54, 1.807) is 11.3 Å². The van der Waals surface area contributed by atoms with Crippen molar-refractivity contribution in [1.82, 2.24) is 10.3 Å². The number of hydrogen-bond acceptors (Lipinski definition) is 5. The van der Waals surface area contributed by atoms with E-state index in [0.29, 0.717) is 19.6 Å². The Morgan fingerprint density at radius 1 is 1.62 bits per heavy atom. The van der Waals surface area contributed by atoms with E-state index in [1.807, 2.05) is 13.8 Å². The molecule has 88 valence electrons. The van der Waals surface area contributed by atoms with Crippen LogP contribution in [-0.2, 0) is 16.0 Å². The third kappa shape index (κ3) is 2.66. The first-order valence-electron chi connectivity index (χ1n) is 5.43. The van der Waals surface area contributed by atoms with Crippen LogP contribution in [0.15, 0.2) is 0 Å². The Morgan fingerprint density at radius 2 is 2.44 bits per heavy atom. The molecule has 1 atom stereocenters. The van der Waals surface area contributed by atoms with Gasteiger partial charge in [0.15, 0.2) is 5.78 Å². The molecule has 0 aromatic carbocycles. The fourth-order valence-corrected chi connectivity index (χ4v) is 2.60. The van der Waals surface area contributed by atoms with Crippen LogP contribution in [0, 0.1) is 13.8 Å². The maximum atomic E-state index is 11.9. The number of nitrogens with zero attached hydrogens (tertiary/aromatic N) is 1. The van der Waals surface area contributed by atoms with Gasteiger partial charge in [0.2, 0.25) is 0 Å². The molecule has 5 heteroatoms. The van der Waals surface area contributed by atoms with Crippen LogP contribution in [0.4, 0.5) is 0 Å². The predicted octanol–water partition coefficient (Wildman–Crippen LogP) is 0.860. The van der Waals surface area contributed by atoms with Crippen molar-refractivity contribution in [1.29, 1.82) is 0 Å². The summed E-state index contributed by atoms with van der Waals surface area (Å²) in [6.45, 7) is 5.94. The van der Waals surface area contributed by atoms with Crippen molar-refractivity contribution < 1.29 is 9.53 Å². The van der Waals surface area contributed by atoms with Crippen LogP contribution < -0.4 is 5.32 Å². The van der Waals surface area contributed by atoms with Gasteiger partial charge in [0, 0.05) is 11.4 Å². The first-order valence-corrected chi connectivity index (χ1v) is 6.25. The summed E-state index contributed by atoms with van der Waals surface area (Å²) in [4.78, 5) is 17.5. The van der Waals surface area contributed by atoms with Gasteiger partial charge in [-0.15, -0.1) is 11.3 Å². The zero-order valence-electron chi connectivity index (χ0n) is 9.58. The Hall–Kier alpha value is -0.780. The second kappa shape index (κ2) is 5.03. The van der Waals surface area contributed by atoms with Crippen LogP contribution in [0.1, 0.15) is 15.6 Å². The van der Waals surface area contributed by atoms with E-state index in [1.165, 1.54) is 4.88 Å². The molecule has 1 unspecified atom stereocenters. The van der Waals surface area contributed by atoms with E-state index in [0.717, 1.165) is 17.2 Å². The van der Waals surface area contributed by atoms with Crippen LogP contribution in [0.2, 0.25) is 0 Å². The van der Waals surface area contributed by atoms with Gasteiger partial charge < -0.3 is 10.1 Å². The SMILES string of the molecule is Cc1nc(CC(=O)C2COCCN2)sc1C. The highest BCUT2D eigenvalue weighted by Gasteiger charge is 2.22. The normalized spacial score (nSPS) is 21.0. The largest absolute Gasteiger partial charge is 0.378 e. The van der Waals surface area contributed by atoms with E-state index in [2.05, 4.69) is 10.3 Å². The summed E-state index contributed by atoms with van der Waals surface area (Å²) in [7, 11) is 0. The number of carbonyl (C=O) groups excluding carboxylic acids is 1. The summed E-state index contributed by atoms with van der Waals surface area (Å²) in [6.07, 6.45) is 0.417. The average Bonchev–Trinajstić information content (AvgIpc) is 2.59. The molecule has 1 aliphatic heterocycles. The first-order chi connectivity index (χ1) is 7.66. The lowest BCUT2D eigenvalue weighted by molar-refractivity contribution is -0.123. The Morgan fingerprint density at radius 3 is 3.00 bits per heavy atom. The average molecular weight is 240 g/mol. The summed E-state index contributed by atoms with van der Waals surface area (Å²) in [5, 5.41) is 4.07. The van der Waals surface area contributed by atoms with Crippen molar-refractivity contribution in [2.75, 3.05) is 19.8 Å². The summed E-state index contributed by atoms with van der Waals surface area (Å²) < 4.78 is 5.27. The number of Topliss-reactive ketones (excluding diaryl/α,β-unsaturated/α-hetero) is 1. The van der Waals surface area contributed by atoms with Gasteiger partial charge in [-0.05, 0) is 13.8 Å². The molecular formula is C11H16N2O2S. The zero-order valence-corrected chi connectivity index (χ0v) is 10.4. The molecule has 1 aromatic heterocycles. The van der Waals surface area contributed by atoms with Crippen molar-refractivity contribution in [2.24, 2.45) is 0 Å². The van der Waals surface area contributed by atoms with E-state index in [4.69, 9.17) is 4.74 Å². The molecule has 4 nitrogen and oxygen atoms in total. The molecule has 1 saturated heterocycles.